The van der Waals surface area contributed by atoms with Crippen molar-refractivity contribution in [2.45, 2.75) is 46.5 Å². The second-order valence-electron chi connectivity index (χ2n) is 6.39. The third-order valence-corrected chi connectivity index (χ3v) is 4.20. The summed E-state index contributed by atoms with van der Waals surface area (Å²) in [5.74, 6) is 1.16. The lowest BCUT2D eigenvalue weighted by molar-refractivity contribution is 0.585. The summed E-state index contributed by atoms with van der Waals surface area (Å²) >= 11 is 7.75. The molecule has 0 radical (unpaired) electrons. The first-order chi connectivity index (χ1) is 9.25. The van der Waals surface area contributed by atoms with Crippen LogP contribution in [0.15, 0.2) is 11.4 Å². The van der Waals surface area contributed by atoms with Gasteiger partial charge in [-0.25, -0.2) is 15.0 Å². The van der Waals surface area contributed by atoms with Crippen LogP contribution >= 0.6 is 22.9 Å². The van der Waals surface area contributed by atoms with E-state index in [0.29, 0.717) is 16.9 Å². The van der Waals surface area contributed by atoms with E-state index in [2.05, 4.69) is 49.6 Å². The zero-order chi connectivity index (χ0) is 14.9. The van der Waals surface area contributed by atoms with Gasteiger partial charge in [0.15, 0.2) is 5.82 Å². The molecular weight excluding hydrogens is 290 g/mol. The highest BCUT2D eigenvalue weighted by molar-refractivity contribution is 7.10. The van der Waals surface area contributed by atoms with Crippen molar-refractivity contribution in [1.82, 2.24) is 15.0 Å². The normalized spacial score (nSPS) is 12.2. The molecule has 3 nitrogen and oxygen atoms in total. The van der Waals surface area contributed by atoms with Crippen molar-refractivity contribution in [3.63, 3.8) is 0 Å². The number of nitrogens with zero attached hydrogens (tertiary/aromatic N) is 3. The maximum absolute atomic E-state index is 6.10. The molecule has 2 aromatic heterocycles. The second kappa shape index (κ2) is 5.78. The fourth-order valence-electron chi connectivity index (χ4n) is 1.82. The molecule has 5 heteroatoms. The van der Waals surface area contributed by atoms with Crippen molar-refractivity contribution in [2.75, 3.05) is 0 Å². The van der Waals surface area contributed by atoms with Crippen molar-refractivity contribution >= 4 is 22.9 Å². The molecule has 2 heterocycles. The molecule has 0 saturated heterocycles. The molecule has 0 aliphatic heterocycles. The molecule has 0 N–H and O–H groups in total. The van der Waals surface area contributed by atoms with Gasteiger partial charge >= 0.3 is 0 Å². The Balaban J connectivity index is 2.37. The Hall–Kier alpha value is -1.00. The lowest BCUT2D eigenvalue weighted by Gasteiger charge is -2.13. The highest BCUT2D eigenvalue weighted by Gasteiger charge is 2.19. The zero-order valence-corrected chi connectivity index (χ0v) is 14.1. The van der Waals surface area contributed by atoms with Crippen LogP contribution in [0.5, 0.6) is 0 Å². The average molecular weight is 310 g/mol. The number of aromatic nitrogens is 3. The molecule has 0 saturated carbocycles. The Morgan fingerprint density at radius 3 is 2.45 bits per heavy atom. The maximum atomic E-state index is 6.10. The number of halogens is 1. The SMILES string of the molecule is CC(C)Cc1cc(Cl)nc(-c2csc(C(C)(C)C)n2)n1. The van der Waals surface area contributed by atoms with Crippen molar-refractivity contribution in [3.8, 4) is 11.5 Å². The summed E-state index contributed by atoms with van der Waals surface area (Å²) in [6.45, 7) is 10.8. The predicted molar refractivity (Wildman–Crippen MR) is 85.4 cm³/mol. The molecule has 108 valence electrons. The smallest absolute Gasteiger partial charge is 0.180 e. The van der Waals surface area contributed by atoms with E-state index in [1.54, 1.807) is 11.3 Å². The van der Waals surface area contributed by atoms with Gasteiger partial charge in [-0.3, -0.25) is 0 Å². The minimum Gasteiger partial charge on any atom is -0.237 e. The van der Waals surface area contributed by atoms with Gasteiger partial charge < -0.3 is 0 Å². The molecular formula is C15H20ClN3S. The molecule has 0 spiro atoms. The molecule has 0 fully saturated rings. The molecule has 0 atom stereocenters. The molecule has 0 amide bonds. The quantitative estimate of drug-likeness (QED) is 0.768. The largest absolute Gasteiger partial charge is 0.237 e. The van der Waals surface area contributed by atoms with E-state index in [1.807, 2.05) is 11.4 Å². The van der Waals surface area contributed by atoms with Gasteiger partial charge in [0.25, 0.3) is 0 Å². The third-order valence-electron chi connectivity index (χ3n) is 2.74. The minimum absolute atomic E-state index is 0.0439. The number of hydrogen-bond acceptors (Lipinski definition) is 4. The number of thiazole rings is 1. The molecule has 0 bridgehead atoms. The van der Waals surface area contributed by atoms with E-state index in [1.165, 1.54) is 0 Å². The zero-order valence-electron chi connectivity index (χ0n) is 12.6. The molecule has 0 unspecified atom stereocenters. The van der Waals surface area contributed by atoms with Crippen LogP contribution < -0.4 is 0 Å². The van der Waals surface area contributed by atoms with E-state index in [9.17, 15) is 0 Å². The van der Waals surface area contributed by atoms with E-state index in [4.69, 9.17) is 11.6 Å². The summed E-state index contributed by atoms with van der Waals surface area (Å²) in [5, 5.41) is 3.57. The topological polar surface area (TPSA) is 38.7 Å². The summed E-state index contributed by atoms with van der Waals surface area (Å²) in [4.78, 5) is 13.5. The lowest BCUT2D eigenvalue weighted by Crippen LogP contribution is -2.10. The first-order valence-electron chi connectivity index (χ1n) is 6.75. The van der Waals surface area contributed by atoms with Crippen molar-refractivity contribution in [3.05, 3.63) is 27.3 Å². The van der Waals surface area contributed by atoms with Crippen molar-refractivity contribution < 1.29 is 0 Å². The highest BCUT2D eigenvalue weighted by atomic mass is 35.5. The summed E-state index contributed by atoms with van der Waals surface area (Å²) in [6.07, 6.45) is 0.894. The van der Waals surface area contributed by atoms with Gasteiger partial charge in [-0.05, 0) is 18.4 Å². The van der Waals surface area contributed by atoms with Gasteiger partial charge in [-0.15, -0.1) is 11.3 Å². The first kappa shape index (κ1) is 15.4. The molecule has 2 rings (SSSR count). The molecule has 2 aromatic rings. The second-order valence-corrected chi connectivity index (χ2v) is 7.64. The number of rotatable bonds is 3. The van der Waals surface area contributed by atoms with Crippen LogP contribution in [0.2, 0.25) is 5.15 Å². The standard InChI is InChI=1S/C15H20ClN3S/c1-9(2)6-10-7-12(16)19-13(17-10)11-8-20-14(18-11)15(3,4)5/h7-9H,6H2,1-5H3. The molecule has 0 aliphatic carbocycles. The van der Waals surface area contributed by atoms with Gasteiger partial charge in [0.2, 0.25) is 0 Å². The van der Waals surface area contributed by atoms with Crippen molar-refractivity contribution in [1.29, 1.82) is 0 Å². The van der Waals surface area contributed by atoms with Crippen LogP contribution in [0.3, 0.4) is 0 Å². The monoisotopic (exact) mass is 309 g/mol. The van der Waals surface area contributed by atoms with Crippen LogP contribution in [-0.4, -0.2) is 15.0 Å². The van der Waals surface area contributed by atoms with E-state index in [-0.39, 0.29) is 5.41 Å². The third kappa shape index (κ3) is 3.76. The molecule has 20 heavy (non-hydrogen) atoms. The summed E-state index contributed by atoms with van der Waals surface area (Å²) in [6, 6.07) is 1.84. The summed E-state index contributed by atoms with van der Waals surface area (Å²) in [5.41, 5.74) is 1.83. The average Bonchev–Trinajstić information content (AvgIpc) is 2.75. The van der Waals surface area contributed by atoms with E-state index in [0.717, 1.165) is 22.8 Å². The van der Waals surface area contributed by atoms with Crippen LogP contribution in [0.25, 0.3) is 11.5 Å². The fraction of sp³-hybridized carbons (Fsp3) is 0.533. The number of hydrogen-bond donors (Lipinski definition) is 0. The van der Waals surface area contributed by atoms with Gasteiger partial charge in [0.05, 0.1) is 5.01 Å². The van der Waals surface area contributed by atoms with Gasteiger partial charge in [0, 0.05) is 16.5 Å². The Morgan fingerprint density at radius 2 is 1.90 bits per heavy atom. The van der Waals surface area contributed by atoms with Crippen LogP contribution in [0.4, 0.5) is 0 Å². The Morgan fingerprint density at radius 1 is 1.20 bits per heavy atom. The predicted octanol–water partition coefficient (Wildman–Crippen LogP) is 4.75. The summed E-state index contributed by atoms with van der Waals surface area (Å²) < 4.78 is 0. The minimum atomic E-state index is 0.0439. The molecule has 0 aliphatic rings. The Labute approximate surface area is 129 Å². The lowest BCUT2D eigenvalue weighted by atomic mass is 9.98. The van der Waals surface area contributed by atoms with Gasteiger partial charge in [-0.1, -0.05) is 46.2 Å². The van der Waals surface area contributed by atoms with Crippen LogP contribution in [0, 0.1) is 5.92 Å². The molecule has 0 aromatic carbocycles. The first-order valence-corrected chi connectivity index (χ1v) is 8.01. The Kier molecular flexibility index (Phi) is 4.45. The highest BCUT2D eigenvalue weighted by Crippen LogP contribution is 2.29. The van der Waals surface area contributed by atoms with E-state index >= 15 is 0 Å². The van der Waals surface area contributed by atoms with E-state index < -0.39 is 0 Å². The summed E-state index contributed by atoms with van der Waals surface area (Å²) in [7, 11) is 0. The fourth-order valence-corrected chi connectivity index (χ4v) is 2.91. The van der Waals surface area contributed by atoms with Gasteiger partial charge in [0.1, 0.15) is 10.8 Å². The Bertz CT molecular complexity index is 599. The van der Waals surface area contributed by atoms with Crippen LogP contribution in [0.1, 0.15) is 45.3 Å². The van der Waals surface area contributed by atoms with Crippen molar-refractivity contribution in [2.24, 2.45) is 5.92 Å². The maximum Gasteiger partial charge on any atom is 0.180 e. The van der Waals surface area contributed by atoms with Gasteiger partial charge in [-0.2, -0.15) is 0 Å². The van der Waals surface area contributed by atoms with Crippen LogP contribution in [-0.2, 0) is 11.8 Å².